The first-order valence-electron chi connectivity index (χ1n) is 8.57. The van der Waals surface area contributed by atoms with Gasteiger partial charge in [0.1, 0.15) is 6.29 Å². The molecule has 140 valence electrons. The van der Waals surface area contributed by atoms with Crippen LogP contribution in [0.1, 0.15) is 31.8 Å². The number of amides is 1. The van der Waals surface area contributed by atoms with Crippen molar-refractivity contribution in [1.82, 2.24) is 4.90 Å². The highest BCUT2D eigenvalue weighted by Crippen LogP contribution is 2.39. The van der Waals surface area contributed by atoms with Gasteiger partial charge in [-0.25, -0.2) is 0 Å². The third-order valence-electron chi connectivity index (χ3n) is 4.91. The predicted molar refractivity (Wildman–Crippen MR) is 95.9 cm³/mol. The highest BCUT2D eigenvalue weighted by molar-refractivity contribution is 6.01. The number of carbonyl (C=O) groups is 2. The van der Waals surface area contributed by atoms with Crippen LogP contribution in [-0.4, -0.2) is 44.7 Å². The molecule has 2 aliphatic heterocycles. The summed E-state index contributed by atoms with van der Waals surface area (Å²) in [4.78, 5) is 26.0. The first-order valence-corrected chi connectivity index (χ1v) is 8.57. The van der Waals surface area contributed by atoms with E-state index in [1.807, 2.05) is 12.1 Å². The van der Waals surface area contributed by atoms with Gasteiger partial charge in [0, 0.05) is 18.7 Å². The molecule has 2 heterocycles. The van der Waals surface area contributed by atoms with Crippen LogP contribution in [0.5, 0.6) is 23.0 Å². The van der Waals surface area contributed by atoms with Gasteiger partial charge in [0.15, 0.2) is 23.0 Å². The molecule has 0 aromatic heterocycles. The smallest absolute Gasteiger partial charge is 0.258 e. The summed E-state index contributed by atoms with van der Waals surface area (Å²) in [6, 6.07) is 7.17. The van der Waals surface area contributed by atoms with Crippen LogP contribution >= 0.6 is 0 Å². The van der Waals surface area contributed by atoms with Crippen molar-refractivity contribution in [2.24, 2.45) is 0 Å². The molecule has 0 atom stereocenters. The summed E-state index contributed by atoms with van der Waals surface area (Å²) in [6.45, 7) is 1.12. The highest BCUT2D eigenvalue weighted by atomic mass is 16.7. The number of benzene rings is 2. The summed E-state index contributed by atoms with van der Waals surface area (Å²) in [6.07, 6.45) is 1.33. The van der Waals surface area contributed by atoms with Crippen molar-refractivity contribution in [2.45, 2.75) is 13.0 Å². The SMILES string of the molecule is COc1ccc2c(c1OC)C(=O)N(CCc1cc3c(cc1C=O)OCO3)C2. The number of aldehydes is 1. The lowest BCUT2D eigenvalue weighted by Gasteiger charge is -2.16. The maximum Gasteiger partial charge on any atom is 0.258 e. The van der Waals surface area contributed by atoms with Crippen LogP contribution in [0.2, 0.25) is 0 Å². The zero-order valence-corrected chi connectivity index (χ0v) is 15.1. The van der Waals surface area contributed by atoms with Crippen LogP contribution in [0, 0.1) is 0 Å². The van der Waals surface area contributed by atoms with E-state index in [4.69, 9.17) is 18.9 Å². The fourth-order valence-electron chi connectivity index (χ4n) is 3.53. The molecule has 0 N–H and O–H groups in total. The molecule has 7 nitrogen and oxygen atoms in total. The maximum atomic E-state index is 12.9. The van der Waals surface area contributed by atoms with E-state index < -0.39 is 0 Å². The van der Waals surface area contributed by atoms with Gasteiger partial charge in [-0.3, -0.25) is 9.59 Å². The van der Waals surface area contributed by atoms with E-state index in [1.165, 1.54) is 7.11 Å². The second-order valence-electron chi connectivity index (χ2n) is 6.33. The molecule has 2 aliphatic rings. The zero-order valence-electron chi connectivity index (χ0n) is 15.1. The molecule has 0 aliphatic carbocycles. The first kappa shape index (κ1) is 17.2. The molecular weight excluding hydrogens is 350 g/mol. The van der Waals surface area contributed by atoms with Gasteiger partial charge in [0.05, 0.1) is 19.8 Å². The van der Waals surface area contributed by atoms with Crippen molar-refractivity contribution in [3.63, 3.8) is 0 Å². The third-order valence-corrected chi connectivity index (χ3v) is 4.91. The Morgan fingerprint density at radius 2 is 1.93 bits per heavy atom. The minimum atomic E-state index is -0.103. The Morgan fingerprint density at radius 1 is 1.15 bits per heavy atom. The predicted octanol–water partition coefficient (Wildman–Crippen LogP) is 2.44. The summed E-state index contributed by atoms with van der Waals surface area (Å²) in [7, 11) is 3.07. The Bertz CT molecular complexity index is 923. The topological polar surface area (TPSA) is 74.3 Å². The van der Waals surface area contributed by atoms with Gasteiger partial charge >= 0.3 is 0 Å². The van der Waals surface area contributed by atoms with Crippen molar-refractivity contribution in [2.75, 3.05) is 27.6 Å². The average molecular weight is 369 g/mol. The van der Waals surface area contributed by atoms with Gasteiger partial charge in [0.2, 0.25) is 6.79 Å². The van der Waals surface area contributed by atoms with Crippen molar-refractivity contribution >= 4 is 12.2 Å². The van der Waals surface area contributed by atoms with Crippen molar-refractivity contribution in [3.05, 3.63) is 46.5 Å². The first-order chi connectivity index (χ1) is 13.2. The maximum absolute atomic E-state index is 12.9. The molecule has 0 bridgehead atoms. The second-order valence-corrected chi connectivity index (χ2v) is 6.33. The molecule has 1 amide bonds. The van der Waals surface area contributed by atoms with Gasteiger partial charge in [-0.2, -0.15) is 0 Å². The number of fused-ring (bicyclic) bond motifs is 2. The number of hydrogen-bond donors (Lipinski definition) is 0. The quantitative estimate of drug-likeness (QED) is 0.728. The normalized spacial score (nSPS) is 14.3. The van der Waals surface area contributed by atoms with E-state index in [-0.39, 0.29) is 12.7 Å². The fraction of sp³-hybridized carbons (Fsp3) is 0.300. The zero-order chi connectivity index (χ0) is 19.0. The van der Waals surface area contributed by atoms with Gasteiger partial charge < -0.3 is 23.8 Å². The number of carbonyl (C=O) groups excluding carboxylic acids is 2. The fourth-order valence-corrected chi connectivity index (χ4v) is 3.53. The molecule has 0 radical (unpaired) electrons. The molecule has 2 aromatic carbocycles. The second kappa shape index (κ2) is 6.83. The highest BCUT2D eigenvalue weighted by Gasteiger charge is 2.32. The van der Waals surface area contributed by atoms with Gasteiger partial charge in [0.25, 0.3) is 5.91 Å². The van der Waals surface area contributed by atoms with Gasteiger partial charge in [-0.1, -0.05) is 6.07 Å². The molecule has 27 heavy (non-hydrogen) atoms. The molecule has 0 saturated heterocycles. The van der Waals surface area contributed by atoms with E-state index in [0.717, 1.165) is 17.4 Å². The molecule has 0 spiro atoms. The molecule has 0 fully saturated rings. The number of hydrogen-bond acceptors (Lipinski definition) is 6. The lowest BCUT2D eigenvalue weighted by Crippen LogP contribution is -2.26. The van der Waals surface area contributed by atoms with E-state index in [0.29, 0.717) is 53.6 Å². The summed E-state index contributed by atoms with van der Waals surface area (Å²) in [5.41, 5.74) is 2.81. The number of nitrogens with zero attached hydrogens (tertiary/aromatic N) is 1. The van der Waals surface area contributed by atoms with Crippen LogP contribution in [0.15, 0.2) is 24.3 Å². The summed E-state index contributed by atoms with van der Waals surface area (Å²) < 4.78 is 21.4. The monoisotopic (exact) mass is 369 g/mol. The van der Waals surface area contributed by atoms with Crippen LogP contribution in [0.25, 0.3) is 0 Å². The Hall–Kier alpha value is -3.22. The summed E-state index contributed by atoms with van der Waals surface area (Å²) in [5, 5.41) is 0. The van der Waals surface area contributed by atoms with Gasteiger partial charge in [-0.15, -0.1) is 0 Å². The lowest BCUT2D eigenvalue weighted by molar-refractivity contribution is 0.0777. The van der Waals surface area contributed by atoms with E-state index in [9.17, 15) is 9.59 Å². The Kier molecular flexibility index (Phi) is 4.35. The Morgan fingerprint density at radius 3 is 2.63 bits per heavy atom. The minimum absolute atomic E-state index is 0.103. The number of methoxy groups -OCH3 is 2. The molecule has 0 saturated carbocycles. The van der Waals surface area contributed by atoms with E-state index in [1.54, 1.807) is 24.1 Å². The van der Waals surface area contributed by atoms with Crippen molar-refractivity contribution < 1.29 is 28.5 Å². The third kappa shape index (κ3) is 2.85. The molecule has 4 rings (SSSR count). The van der Waals surface area contributed by atoms with Crippen molar-refractivity contribution in [1.29, 1.82) is 0 Å². The number of rotatable bonds is 6. The van der Waals surface area contributed by atoms with Gasteiger partial charge in [-0.05, 0) is 35.7 Å². The molecule has 7 heteroatoms. The largest absolute Gasteiger partial charge is 0.493 e. The van der Waals surface area contributed by atoms with E-state index in [2.05, 4.69) is 0 Å². The van der Waals surface area contributed by atoms with Crippen molar-refractivity contribution in [3.8, 4) is 23.0 Å². The van der Waals surface area contributed by atoms with Crippen LogP contribution < -0.4 is 18.9 Å². The van der Waals surface area contributed by atoms with E-state index >= 15 is 0 Å². The molecular formula is C20H19NO6. The standard InChI is InChI=1S/C20H19NO6/c1-24-15-4-3-13-9-21(20(23)18(13)19(15)25-2)6-5-12-7-16-17(27-11-26-16)8-14(12)10-22/h3-4,7-8,10H,5-6,9,11H2,1-2H3. The Balaban J connectivity index is 1.55. The average Bonchev–Trinajstić information content (AvgIpc) is 3.28. The summed E-state index contributed by atoms with van der Waals surface area (Å²) >= 11 is 0. The lowest BCUT2D eigenvalue weighted by atomic mass is 10.0. The van der Waals surface area contributed by atoms with Crippen LogP contribution in [-0.2, 0) is 13.0 Å². The number of ether oxygens (including phenoxy) is 4. The molecule has 0 unspecified atom stereocenters. The Labute approximate surface area is 156 Å². The minimum Gasteiger partial charge on any atom is -0.493 e. The molecule has 2 aromatic rings. The van der Waals surface area contributed by atoms with Crippen LogP contribution in [0.3, 0.4) is 0 Å². The van der Waals surface area contributed by atoms with Crippen LogP contribution in [0.4, 0.5) is 0 Å². The summed E-state index contributed by atoms with van der Waals surface area (Å²) in [5.74, 6) is 2.08.